The largest absolute Gasteiger partial charge is 0.378 e. The van der Waals surface area contributed by atoms with Gasteiger partial charge in [0.1, 0.15) is 18.1 Å². The predicted octanol–water partition coefficient (Wildman–Crippen LogP) is 5.42. The maximum Gasteiger partial charge on any atom is 0.247 e. The number of nitrogens with one attached hydrogen (secondary N) is 1. The fraction of sp³-hybridized carbons (Fsp3) is 0.359. The lowest BCUT2D eigenvalue weighted by Gasteiger charge is -2.33. The van der Waals surface area contributed by atoms with Crippen LogP contribution in [0.3, 0.4) is 0 Å². The highest BCUT2D eigenvalue weighted by Gasteiger charge is 2.47. The molecule has 3 fully saturated rings. The Bertz CT molecular complexity index is 2220. The van der Waals surface area contributed by atoms with Gasteiger partial charge in [0.2, 0.25) is 27.7 Å². The highest BCUT2D eigenvalue weighted by Crippen LogP contribution is 2.39. The zero-order valence-electron chi connectivity index (χ0n) is 28.3. The van der Waals surface area contributed by atoms with Crippen molar-refractivity contribution >= 4 is 71.4 Å². The minimum Gasteiger partial charge on any atom is -0.378 e. The molecule has 0 aliphatic carbocycles. The van der Waals surface area contributed by atoms with Crippen molar-refractivity contribution in [1.82, 2.24) is 14.1 Å². The van der Waals surface area contributed by atoms with Crippen molar-refractivity contribution in [2.24, 2.45) is 0 Å². The van der Waals surface area contributed by atoms with E-state index in [0.717, 1.165) is 32.6 Å². The molecular formula is C39H41N5O5S. The van der Waals surface area contributed by atoms with Crippen molar-refractivity contribution in [1.29, 1.82) is 0 Å². The first-order valence-electron chi connectivity index (χ1n) is 17.5. The molecule has 0 saturated carbocycles. The Morgan fingerprint density at radius 3 is 1.92 bits per heavy atom. The van der Waals surface area contributed by atoms with Gasteiger partial charge in [-0.2, -0.15) is 4.31 Å². The smallest absolute Gasteiger partial charge is 0.247 e. The van der Waals surface area contributed by atoms with E-state index in [1.807, 2.05) is 85.7 Å². The van der Waals surface area contributed by atoms with Crippen LogP contribution in [0, 0.1) is 0 Å². The molecule has 8 rings (SSSR count). The fourth-order valence-electron chi connectivity index (χ4n) is 8.38. The molecule has 0 radical (unpaired) electrons. The quantitative estimate of drug-likeness (QED) is 0.228. The van der Waals surface area contributed by atoms with Gasteiger partial charge in [0, 0.05) is 50.5 Å². The molecule has 0 aromatic heterocycles. The Labute approximate surface area is 292 Å². The molecule has 3 amide bonds. The Morgan fingerprint density at radius 2 is 1.22 bits per heavy atom. The number of nitrogens with zero attached hydrogens (tertiary/aromatic N) is 4. The molecule has 1 N–H and O–H groups in total. The molecule has 3 heterocycles. The lowest BCUT2D eigenvalue weighted by molar-refractivity contribution is -0.147. The van der Waals surface area contributed by atoms with E-state index in [2.05, 4.69) is 11.4 Å². The van der Waals surface area contributed by atoms with Gasteiger partial charge in [-0.05, 0) is 95.8 Å². The molecule has 50 heavy (non-hydrogen) atoms. The molecule has 3 saturated heterocycles. The van der Waals surface area contributed by atoms with Crippen molar-refractivity contribution in [2.45, 2.75) is 61.5 Å². The van der Waals surface area contributed by atoms with Crippen molar-refractivity contribution in [2.75, 3.05) is 43.9 Å². The average molecular weight is 692 g/mol. The van der Waals surface area contributed by atoms with Crippen LogP contribution in [0.2, 0.25) is 0 Å². The Balaban J connectivity index is 1.03. The Kier molecular flexibility index (Phi) is 8.14. The van der Waals surface area contributed by atoms with Gasteiger partial charge in [-0.1, -0.05) is 48.5 Å². The first kappa shape index (κ1) is 32.5. The van der Waals surface area contributed by atoms with Crippen LogP contribution in [0.5, 0.6) is 0 Å². The Morgan fingerprint density at radius 1 is 0.660 bits per heavy atom. The van der Waals surface area contributed by atoms with Crippen molar-refractivity contribution in [3.63, 3.8) is 0 Å². The second kappa shape index (κ2) is 12.5. The SMILES string of the molecule is CN(C)c1ccc(NC(=O)[C@@H]2CCCN2C(=O)[C@@H]2CCCN2C(=O)[C@@H]2CCCN2S(=O)(=O)c2ccc3ccc4cccc5ccc2c3c45)cc1. The first-order valence-corrected chi connectivity index (χ1v) is 18.9. The summed E-state index contributed by atoms with van der Waals surface area (Å²) in [6.07, 6.45) is 3.30. The molecule has 0 spiro atoms. The number of benzene rings is 5. The summed E-state index contributed by atoms with van der Waals surface area (Å²) in [7, 11) is -0.167. The van der Waals surface area contributed by atoms with E-state index in [1.165, 1.54) is 4.31 Å². The summed E-state index contributed by atoms with van der Waals surface area (Å²) >= 11 is 0. The van der Waals surface area contributed by atoms with Gasteiger partial charge in [-0.3, -0.25) is 14.4 Å². The number of hydrogen-bond donors (Lipinski definition) is 1. The van der Waals surface area contributed by atoms with Gasteiger partial charge >= 0.3 is 0 Å². The third-order valence-corrected chi connectivity index (χ3v) is 12.8. The topological polar surface area (TPSA) is 110 Å². The minimum absolute atomic E-state index is 0.194. The standard InChI is InChI=1S/C39H41N5O5S/c1-41(2)29-18-16-28(17-19-29)40-37(45)31-9-4-22-42(31)38(46)32-10-5-23-43(32)39(47)33-11-6-24-44(33)50(48,49)34-21-15-27-13-12-25-7-3-8-26-14-20-30(34)36(27)35(25)26/h3,7-8,12-21,31-33H,4-6,9-11,22-24H2,1-2H3,(H,40,45)/t31-,32-,33-/m0/s1. The summed E-state index contributed by atoms with van der Waals surface area (Å²) in [4.78, 5) is 47.2. The van der Waals surface area contributed by atoms with E-state index in [4.69, 9.17) is 0 Å². The summed E-state index contributed by atoms with van der Waals surface area (Å²) in [5, 5.41) is 8.61. The van der Waals surface area contributed by atoms with E-state index < -0.39 is 28.1 Å². The van der Waals surface area contributed by atoms with E-state index in [1.54, 1.807) is 15.9 Å². The molecule has 11 heteroatoms. The summed E-state index contributed by atoms with van der Waals surface area (Å²) < 4.78 is 30.3. The summed E-state index contributed by atoms with van der Waals surface area (Å²) in [6.45, 7) is 1.05. The monoisotopic (exact) mass is 691 g/mol. The molecule has 0 bridgehead atoms. The minimum atomic E-state index is -4.06. The second-order valence-corrected chi connectivity index (χ2v) is 15.9. The lowest BCUT2D eigenvalue weighted by atomic mass is 9.94. The van der Waals surface area contributed by atoms with Gasteiger partial charge in [-0.25, -0.2) is 8.42 Å². The van der Waals surface area contributed by atoms with Crippen LogP contribution in [-0.2, 0) is 24.4 Å². The number of amides is 3. The van der Waals surface area contributed by atoms with E-state index in [9.17, 15) is 22.8 Å². The first-order chi connectivity index (χ1) is 24.1. The Hall–Kier alpha value is -4.74. The van der Waals surface area contributed by atoms with E-state index in [0.29, 0.717) is 62.7 Å². The third kappa shape index (κ3) is 5.34. The molecule has 5 aromatic rings. The van der Waals surface area contributed by atoms with Crippen molar-refractivity contribution in [3.8, 4) is 0 Å². The summed E-state index contributed by atoms with van der Waals surface area (Å²) in [6, 6.07) is 22.8. The second-order valence-electron chi connectivity index (χ2n) is 14.0. The van der Waals surface area contributed by atoms with Crippen LogP contribution in [0.1, 0.15) is 38.5 Å². The number of anilines is 2. The zero-order chi connectivity index (χ0) is 34.7. The molecule has 258 valence electrons. The molecule has 10 nitrogen and oxygen atoms in total. The van der Waals surface area contributed by atoms with Crippen LogP contribution in [-0.4, -0.2) is 92.1 Å². The highest BCUT2D eigenvalue weighted by atomic mass is 32.2. The average Bonchev–Trinajstić information content (AvgIpc) is 3.92. The zero-order valence-corrected chi connectivity index (χ0v) is 29.2. The number of sulfonamides is 1. The maximum atomic E-state index is 14.5. The van der Waals surface area contributed by atoms with Crippen LogP contribution in [0.15, 0.2) is 83.8 Å². The summed E-state index contributed by atoms with van der Waals surface area (Å²) in [5.41, 5.74) is 1.67. The molecule has 5 aromatic carbocycles. The maximum absolute atomic E-state index is 14.5. The van der Waals surface area contributed by atoms with E-state index >= 15 is 0 Å². The van der Waals surface area contributed by atoms with Gasteiger partial charge < -0.3 is 20.0 Å². The molecule has 3 aliphatic rings. The number of hydrogen-bond acceptors (Lipinski definition) is 6. The number of likely N-dealkylation sites (tertiary alicyclic amines) is 2. The number of carbonyl (C=O) groups is 3. The van der Waals surface area contributed by atoms with Crippen LogP contribution >= 0.6 is 0 Å². The van der Waals surface area contributed by atoms with Crippen LogP contribution in [0.25, 0.3) is 32.3 Å². The molecular weight excluding hydrogens is 651 g/mol. The normalized spacial score (nSPS) is 21.5. The molecule has 0 unspecified atom stereocenters. The van der Waals surface area contributed by atoms with Gasteiger partial charge in [0.05, 0.1) is 4.90 Å². The lowest BCUT2D eigenvalue weighted by Crippen LogP contribution is -2.55. The van der Waals surface area contributed by atoms with Gasteiger partial charge in [0.15, 0.2) is 0 Å². The third-order valence-electron chi connectivity index (χ3n) is 10.9. The molecule has 3 atom stereocenters. The molecule has 3 aliphatic heterocycles. The number of rotatable bonds is 7. The van der Waals surface area contributed by atoms with Gasteiger partial charge in [0.25, 0.3) is 0 Å². The summed E-state index contributed by atoms with van der Waals surface area (Å²) in [5.74, 6) is -0.817. The van der Waals surface area contributed by atoms with E-state index in [-0.39, 0.29) is 29.2 Å². The van der Waals surface area contributed by atoms with Crippen molar-refractivity contribution in [3.05, 3.63) is 78.9 Å². The van der Waals surface area contributed by atoms with Crippen LogP contribution < -0.4 is 10.2 Å². The fourth-order valence-corrected chi connectivity index (χ4v) is 10.2. The van der Waals surface area contributed by atoms with Crippen LogP contribution in [0.4, 0.5) is 11.4 Å². The number of carbonyl (C=O) groups excluding carboxylic acids is 3. The highest BCUT2D eigenvalue weighted by molar-refractivity contribution is 7.89. The van der Waals surface area contributed by atoms with Crippen molar-refractivity contribution < 1.29 is 22.8 Å². The predicted molar refractivity (Wildman–Crippen MR) is 196 cm³/mol. The van der Waals surface area contributed by atoms with Gasteiger partial charge in [-0.15, -0.1) is 0 Å².